The molecule has 1 rings (SSSR count). The van der Waals surface area contributed by atoms with E-state index in [0.29, 0.717) is 12.1 Å². The van der Waals surface area contributed by atoms with Gasteiger partial charge < -0.3 is 5.11 Å². The Morgan fingerprint density at radius 3 is 1.45 bits per heavy atom. The molecule has 6 N–H and O–H groups in total. The minimum absolute atomic E-state index is 0.0833. The van der Waals surface area contributed by atoms with Crippen LogP contribution >= 0.6 is 0 Å². The average Bonchev–Trinajstić information content (AvgIpc) is 2.27. The summed E-state index contributed by atoms with van der Waals surface area (Å²) in [5.74, 6) is -1.54. The van der Waals surface area contributed by atoms with Crippen LogP contribution in [0.2, 0.25) is 0 Å². The Labute approximate surface area is 109 Å². The molecule has 0 fully saturated rings. The third-order valence-corrected chi connectivity index (χ3v) is 1.64. The van der Waals surface area contributed by atoms with E-state index in [-0.39, 0.29) is 5.96 Å². The minimum atomic E-state index is -1.46. The van der Waals surface area contributed by atoms with Gasteiger partial charge in [0, 0.05) is 0 Å². The van der Waals surface area contributed by atoms with Gasteiger partial charge >= 0.3 is 5.96 Å². The van der Waals surface area contributed by atoms with Gasteiger partial charge in [-0.05, 0) is 0 Å². The molecule has 1 aromatic rings. The monoisotopic (exact) mass is 288 g/mol. The molecule has 0 unspecified atom stereocenters. The zero-order chi connectivity index (χ0) is 16.0. The summed E-state index contributed by atoms with van der Waals surface area (Å²) in [5.41, 5.74) is 5.90. The topological polar surface area (TPSA) is 230 Å². The predicted octanol–water partition coefficient (Wildman–Crippen LogP) is -2.50. The first-order valence-corrected chi connectivity index (χ1v) is 4.49. The highest BCUT2D eigenvalue weighted by molar-refractivity contribution is 5.68. The number of hydrogen-bond donors (Lipinski definition) is 3. The number of benzene rings is 1. The SMILES string of the molecule is NC(N)=[NH2+].O=[N+]([O-])c1cc([N+](=O)[O-])c([O-])c([N+](=O)[O-])c1. The molecule has 0 heterocycles. The van der Waals surface area contributed by atoms with Gasteiger partial charge in [0.25, 0.3) is 17.1 Å². The summed E-state index contributed by atoms with van der Waals surface area (Å²) in [5, 5.41) is 46.7. The maximum absolute atomic E-state index is 11.1. The molecule has 13 nitrogen and oxygen atoms in total. The lowest BCUT2D eigenvalue weighted by atomic mass is 10.2. The van der Waals surface area contributed by atoms with Crippen molar-refractivity contribution >= 4 is 23.0 Å². The Morgan fingerprint density at radius 1 is 0.950 bits per heavy atom. The molecule has 1 aromatic carbocycles. The van der Waals surface area contributed by atoms with Crippen molar-refractivity contribution in [1.29, 1.82) is 0 Å². The van der Waals surface area contributed by atoms with E-state index in [4.69, 9.17) is 0 Å². The number of nitrogens with two attached hydrogens (primary N) is 3. The summed E-state index contributed by atoms with van der Waals surface area (Å²) >= 11 is 0. The van der Waals surface area contributed by atoms with Crippen molar-refractivity contribution in [1.82, 2.24) is 0 Å². The molecule has 0 amide bonds. The average molecular weight is 288 g/mol. The first-order chi connectivity index (χ1) is 9.07. The molecule has 0 saturated heterocycles. The fourth-order valence-electron chi connectivity index (χ4n) is 0.961. The fraction of sp³-hybridized carbons (Fsp3) is 0. The van der Waals surface area contributed by atoms with Gasteiger partial charge in [-0.1, -0.05) is 0 Å². The van der Waals surface area contributed by atoms with Gasteiger partial charge in [0.1, 0.15) is 0 Å². The molecule has 13 heteroatoms. The van der Waals surface area contributed by atoms with Gasteiger partial charge in [0.05, 0.1) is 32.7 Å². The van der Waals surface area contributed by atoms with E-state index in [1.165, 1.54) is 0 Å². The maximum atomic E-state index is 11.1. The smallest absolute Gasteiger partial charge is 0.336 e. The Bertz CT molecular complexity index is 546. The van der Waals surface area contributed by atoms with Crippen LogP contribution in [0.1, 0.15) is 0 Å². The number of non-ortho nitro benzene ring substituents is 1. The zero-order valence-electron chi connectivity index (χ0n) is 9.59. The second-order valence-electron chi connectivity index (χ2n) is 3.08. The zero-order valence-corrected chi connectivity index (χ0v) is 9.59. The molecular formula is C7H8N6O7. The van der Waals surface area contributed by atoms with Crippen molar-refractivity contribution in [2.75, 3.05) is 0 Å². The van der Waals surface area contributed by atoms with E-state index in [2.05, 4.69) is 16.9 Å². The Kier molecular flexibility index (Phi) is 5.30. The first kappa shape index (κ1) is 16.5. The molecule has 0 bridgehead atoms. The van der Waals surface area contributed by atoms with Crippen LogP contribution in [-0.4, -0.2) is 20.7 Å². The molecule has 108 valence electrons. The van der Waals surface area contributed by atoms with Crippen LogP contribution in [0.25, 0.3) is 0 Å². The number of nitro benzene ring substituents is 3. The van der Waals surface area contributed by atoms with Crippen molar-refractivity contribution < 1.29 is 25.3 Å². The van der Waals surface area contributed by atoms with Gasteiger partial charge in [-0.3, -0.25) is 47.2 Å². The van der Waals surface area contributed by atoms with E-state index < -0.39 is 37.6 Å². The van der Waals surface area contributed by atoms with Gasteiger partial charge in [0.2, 0.25) is 0 Å². The normalized spacial score (nSPS) is 9.00. The van der Waals surface area contributed by atoms with Crippen LogP contribution in [0.4, 0.5) is 17.1 Å². The number of rotatable bonds is 3. The molecule has 0 aliphatic carbocycles. The second-order valence-corrected chi connectivity index (χ2v) is 3.08. The van der Waals surface area contributed by atoms with Crippen molar-refractivity contribution in [3.05, 3.63) is 42.5 Å². The Morgan fingerprint density at radius 2 is 1.25 bits per heavy atom. The van der Waals surface area contributed by atoms with Gasteiger partial charge in [-0.2, -0.15) is 0 Å². The minimum Gasteiger partial charge on any atom is -0.863 e. The molecule has 0 aliphatic rings. The van der Waals surface area contributed by atoms with E-state index in [0.717, 1.165) is 0 Å². The van der Waals surface area contributed by atoms with Crippen molar-refractivity contribution in [2.45, 2.75) is 0 Å². The fourth-order valence-corrected chi connectivity index (χ4v) is 0.961. The van der Waals surface area contributed by atoms with Crippen LogP contribution in [0, 0.1) is 30.3 Å². The van der Waals surface area contributed by atoms with E-state index in [9.17, 15) is 35.4 Å². The van der Waals surface area contributed by atoms with Gasteiger partial charge in [-0.25, -0.2) is 0 Å². The van der Waals surface area contributed by atoms with Crippen LogP contribution in [0.3, 0.4) is 0 Å². The van der Waals surface area contributed by atoms with Crippen molar-refractivity contribution in [3.63, 3.8) is 0 Å². The third-order valence-electron chi connectivity index (χ3n) is 1.64. The highest BCUT2D eigenvalue weighted by Gasteiger charge is 2.24. The third kappa shape index (κ3) is 4.40. The molecule has 0 radical (unpaired) electrons. The molecular weight excluding hydrogens is 280 g/mol. The molecule has 0 atom stereocenters. The lowest BCUT2D eigenvalue weighted by Crippen LogP contribution is -2.51. The molecule has 20 heavy (non-hydrogen) atoms. The number of hydrogen-bond acceptors (Lipinski definition) is 7. The standard InChI is InChI=1S/C6H3N3O7.CH5N3/c10-6-4(8(13)14)1-3(7(11)12)2-5(6)9(15)16;2-1(3)4/h1-2,10H;(H5,2,3,4). The Hall–Kier alpha value is -3.51. The van der Waals surface area contributed by atoms with E-state index >= 15 is 0 Å². The molecule has 0 aromatic heterocycles. The summed E-state index contributed by atoms with van der Waals surface area (Å²) in [6.45, 7) is 0. The van der Waals surface area contributed by atoms with E-state index in [1.54, 1.807) is 0 Å². The van der Waals surface area contributed by atoms with Crippen LogP contribution in [-0.2, 0) is 0 Å². The van der Waals surface area contributed by atoms with Crippen LogP contribution in [0.5, 0.6) is 5.75 Å². The molecule has 0 spiro atoms. The lowest BCUT2D eigenvalue weighted by molar-refractivity contribution is -0.420. The second kappa shape index (κ2) is 6.43. The number of nitrogens with zero attached hydrogens (tertiary/aromatic N) is 3. The number of nitro groups is 3. The number of guanidine groups is 1. The van der Waals surface area contributed by atoms with Crippen molar-refractivity contribution in [3.8, 4) is 5.75 Å². The summed E-state index contributed by atoms with van der Waals surface area (Å²) in [7, 11) is 0. The first-order valence-electron chi connectivity index (χ1n) is 4.49. The predicted molar refractivity (Wildman–Crippen MR) is 61.2 cm³/mol. The lowest BCUT2D eigenvalue weighted by Gasteiger charge is -2.06. The van der Waals surface area contributed by atoms with E-state index in [1.807, 2.05) is 0 Å². The molecule has 0 saturated carbocycles. The van der Waals surface area contributed by atoms with Crippen LogP contribution < -0.4 is 22.0 Å². The van der Waals surface area contributed by atoms with Gasteiger partial charge in [0.15, 0.2) is 0 Å². The highest BCUT2D eigenvalue weighted by Crippen LogP contribution is 2.36. The summed E-state index contributed by atoms with van der Waals surface area (Å²) in [6, 6.07) is 0.769. The summed E-state index contributed by atoms with van der Waals surface area (Å²) in [6.07, 6.45) is 0. The summed E-state index contributed by atoms with van der Waals surface area (Å²) < 4.78 is 0. The summed E-state index contributed by atoms with van der Waals surface area (Å²) in [4.78, 5) is 27.5. The van der Waals surface area contributed by atoms with Gasteiger partial charge in [-0.15, -0.1) is 0 Å². The largest absolute Gasteiger partial charge is 0.863 e. The van der Waals surface area contributed by atoms with Crippen molar-refractivity contribution in [2.24, 2.45) is 11.5 Å². The molecule has 0 aliphatic heterocycles. The maximum Gasteiger partial charge on any atom is 0.336 e. The highest BCUT2D eigenvalue weighted by atomic mass is 16.6. The Balaban J connectivity index is 0.000000796. The quantitative estimate of drug-likeness (QED) is 0.230. The van der Waals surface area contributed by atoms with Crippen LogP contribution in [0.15, 0.2) is 12.1 Å².